The highest BCUT2D eigenvalue weighted by molar-refractivity contribution is 5.96. The van der Waals surface area contributed by atoms with Crippen molar-refractivity contribution >= 4 is 11.8 Å². The van der Waals surface area contributed by atoms with Gasteiger partial charge in [-0.25, -0.2) is 0 Å². The lowest BCUT2D eigenvalue weighted by atomic mass is 9.91. The molecule has 33 heavy (non-hydrogen) atoms. The summed E-state index contributed by atoms with van der Waals surface area (Å²) in [7, 11) is 4.09. The fourth-order valence-corrected chi connectivity index (χ4v) is 4.43. The second kappa shape index (κ2) is 11.3. The normalized spacial score (nSPS) is 14.9. The Morgan fingerprint density at radius 3 is 2.33 bits per heavy atom. The molecule has 6 nitrogen and oxygen atoms in total. The number of piperidine rings is 1. The first-order valence-electron chi connectivity index (χ1n) is 11.7. The van der Waals surface area contributed by atoms with Gasteiger partial charge in [-0.15, -0.1) is 0 Å². The monoisotopic (exact) mass is 451 g/mol. The number of hydrogen-bond acceptors (Lipinski definition) is 4. The summed E-state index contributed by atoms with van der Waals surface area (Å²) in [5, 5.41) is 3.13. The Bertz CT molecular complexity index is 919. The minimum Gasteiger partial charge on any atom is -0.489 e. The number of likely N-dealkylation sites (tertiary alicyclic amines) is 1. The molecular weight excluding hydrogens is 414 g/mol. The van der Waals surface area contributed by atoms with Gasteiger partial charge in [-0.05, 0) is 50.6 Å². The van der Waals surface area contributed by atoms with Crippen LogP contribution in [-0.4, -0.2) is 61.9 Å². The van der Waals surface area contributed by atoms with Gasteiger partial charge in [0, 0.05) is 43.2 Å². The Morgan fingerprint density at radius 1 is 1.03 bits per heavy atom. The zero-order valence-corrected chi connectivity index (χ0v) is 20.3. The Morgan fingerprint density at radius 2 is 1.67 bits per heavy atom. The summed E-state index contributed by atoms with van der Waals surface area (Å²) < 4.78 is 5.87. The average molecular weight is 452 g/mol. The second-order valence-corrected chi connectivity index (χ2v) is 9.95. The van der Waals surface area contributed by atoms with Gasteiger partial charge in [0.05, 0.1) is 0 Å². The zero-order valence-electron chi connectivity index (χ0n) is 20.3. The van der Waals surface area contributed by atoms with Gasteiger partial charge in [0.2, 0.25) is 5.91 Å². The molecule has 2 aromatic carbocycles. The van der Waals surface area contributed by atoms with Crippen LogP contribution >= 0.6 is 0 Å². The predicted octanol–water partition coefficient (Wildman–Crippen LogP) is 3.82. The van der Waals surface area contributed by atoms with Gasteiger partial charge in [-0.3, -0.25) is 9.59 Å². The smallest absolute Gasteiger partial charge is 0.254 e. The van der Waals surface area contributed by atoms with E-state index in [4.69, 9.17) is 4.74 Å². The fraction of sp³-hybridized carbons (Fsp3) is 0.481. The molecule has 1 fully saturated rings. The minimum absolute atomic E-state index is 0.00763. The molecule has 0 spiro atoms. The van der Waals surface area contributed by atoms with E-state index in [-0.39, 0.29) is 23.1 Å². The largest absolute Gasteiger partial charge is 0.489 e. The number of nitrogens with zero attached hydrogens (tertiary/aromatic N) is 2. The Balaban J connectivity index is 1.53. The van der Waals surface area contributed by atoms with Crippen molar-refractivity contribution in [2.75, 3.05) is 40.3 Å². The van der Waals surface area contributed by atoms with Crippen LogP contribution < -0.4 is 10.1 Å². The average Bonchev–Trinajstić information content (AvgIpc) is 2.81. The van der Waals surface area contributed by atoms with Crippen molar-refractivity contribution < 1.29 is 14.3 Å². The Kier molecular flexibility index (Phi) is 8.50. The molecule has 1 aliphatic heterocycles. The Labute approximate surface area is 197 Å². The quantitative estimate of drug-likeness (QED) is 0.630. The molecule has 2 aromatic rings. The highest BCUT2D eigenvalue weighted by Gasteiger charge is 2.29. The molecule has 0 unspecified atom stereocenters. The van der Waals surface area contributed by atoms with Gasteiger partial charge < -0.3 is 19.9 Å². The van der Waals surface area contributed by atoms with Crippen LogP contribution in [0.5, 0.6) is 5.75 Å². The van der Waals surface area contributed by atoms with Gasteiger partial charge in [-0.2, -0.15) is 0 Å². The maximum Gasteiger partial charge on any atom is 0.254 e. The first-order valence-corrected chi connectivity index (χ1v) is 11.7. The molecule has 2 amide bonds. The molecule has 6 heteroatoms. The molecule has 1 N–H and O–H groups in total. The van der Waals surface area contributed by atoms with Gasteiger partial charge in [0.15, 0.2) is 0 Å². The number of hydrogen-bond donors (Lipinski definition) is 1. The summed E-state index contributed by atoms with van der Waals surface area (Å²) in [4.78, 5) is 29.9. The lowest BCUT2D eigenvalue weighted by Crippen LogP contribution is -2.46. The van der Waals surface area contributed by atoms with E-state index in [1.807, 2.05) is 73.6 Å². The molecule has 178 valence electrons. The molecular formula is C27H37N3O3. The van der Waals surface area contributed by atoms with Crippen molar-refractivity contribution in [3.8, 4) is 5.75 Å². The van der Waals surface area contributed by atoms with Crippen LogP contribution in [0.4, 0.5) is 0 Å². The zero-order chi connectivity index (χ0) is 23.8. The molecule has 0 aliphatic carbocycles. The fourth-order valence-electron chi connectivity index (χ4n) is 4.43. The van der Waals surface area contributed by atoms with Crippen LogP contribution in [-0.2, 0) is 11.4 Å². The number of para-hydroxylation sites is 1. The molecule has 0 bridgehead atoms. The number of carbonyl (C=O) groups excluding carboxylic acids is 2. The topological polar surface area (TPSA) is 61.9 Å². The minimum atomic E-state index is -0.0409. The molecule has 0 radical (unpaired) electrons. The van der Waals surface area contributed by atoms with Crippen molar-refractivity contribution in [3.63, 3.8) is 0 Å². The first-order chi connectivity index (χ1) is 15.7. The van der Waals surface area contributed by atoms with E-state index in [2.05, 4.69) is 24.1 Å². The molecule has 1 saturated heterocycles. The van der Waals surface area contributed by atoms with E-state index in [0.717, 1.165) is 17.9 Å². The third-order valence-electron chi connectivity index (χ3n) is 6.02. The summed E-state index contributed by atoms with van der Waals surface area (Å²) in [6.45, 7) is 7.40. The highest BCUT2D eigenvalue weighted by Crippen LogP contribution is 2.22. The highest BCUT2D eigenvalue weighted by atomic mass is 16.5. The van der Waals surface area contributed by atoms with E-state index in [1.54, 1.807) is 0 Å². The summed E-state index contributed by atoms with van der Waals surface area (Å²) in [5.74, 6) is 0.847. The molecule has 0 aromatic heterocycles. The van der Waals surface area contributed by atoms with Gasteiger partial charge >= 0.3 is 0 Å². The Hall–Kier alpha value is -2.86. The van der Waals surface area contributed by atoms with E-state index in [9.17, 15) is 9.59 Å². The molecule has 0 saturated carbocycles. The lowest BCUT2D eigenvalue weighted by molar-refractivity contribution is -0.126. The number of carbonyl (C=O) groups is 2. The van der Waals surface area contributed by atoms with Crippen LogP contribution in [0.2, 0.25) is 0 Å². The third-order valence-corrected chi connectivity index (χ3v) is 6.02. The molecule has 1 aliphatic rings. The van der Waals surface area contributed by atoms with Crippen molar-refractivity contribution in [3.05, 3.63) is 65.7 Å². The van der Waals surface area contributed by atoms with Gasteiger partial charge in [-0.1, -0.05) is 50.2 Å². The number of amides is 2. The van der Waals surface area contributed by atoms with Crippen molar-refractivity contribution in [1.82, 2.24) is 15.1 Å². The van der Waals surface area contributed by atoms with Crippen molar-refractivity contribution in [1.29, 1.82) is 0 Å². The molecule has 0 atom stereocenters. The first kappa shape index (κ1) is 24.8. The van der Waals surface area contributed by atoms with Crippen molar-refractivity contribution in [2.24, 2.45) is 11.3 Å². The predicted molar refractivity (Wildman–Crippen MR) is 131 cm³/mol. The maximum atomic E-state index is 13.2. The van der Waals surface area contributed by atoms with E-state index in [0.29, 0.717) is 44.6 Å². The SMILES string of the molecule is CN(C)CC(C)(C)CNC(=O)C1CCN(C(=O)c2ccccc2COc2ccccc2)CC1. The van der Waals surface area contributed by atoms with Crippen LogP contribution in [0.25, 0.3) is 0 Å². The van der Waals surface area contributed by atoms with E-state index in [1.165, 1.54) is 0 Å². The lowest BCUT2D eigenvalue weighted by Gasteiger charge is -2.33. The summed E-state index contributed by atoms with van der Waals surface area (Å²) in [6, 6.07) is 17.2. The van der Waals surface area contributed by atoms with Gasteiger partial charge in [0.1, 0.15) is 12.4 Å². The van der Waals surface area contributed by atoms with E-state index < -0.39 is 0 Å². The number of ether oxygens (including phenoxy) is 1. The number of rotatable bonds is 9. The summed E-state index contributed by atoms with van der Waals surface area (Å²) in [6.07, 6.45) is 1.38. The standard InChI is InChI=1S/C27H37N3O3/c1-27(2,20-29(3)4)19-28-25(31)21-14-16-30(17-15-21)26(32)24-13-9-8-10-22(24)18-33-23-11-6-5-7-12-23/h5-13,21H,14-20H2,1-4H3,(H,28,31). The van der Waals surface area contributed by atoms with Crippen LogP contribution in [0.15, 0.2) is 54.6 Å². The maximum absolute atomic E-state index is 13.2. The number of nitrogens with one attached hydrogen (secondary N) is 1. The molecule has 3 rings (SSSR count). The van der Waals surface area contributed by atoms with Crippen LogP contribution in [0, 0.1) is 11.3 Å². The van der Waals surface area contributed by atoms with Crippen LogP contribution in [0.1, 0.15) is 42.6 Å². The third kappa shape index (κ3) is 7.32. The number of benzene rings is 2. The van der Waals surface area contributed by atoms with Crippen LogP contribution in [0.3, 0.4) is 0 Å². The van der Waals surface area contributed by atoms with Gasteiger partial charge in [0.25, 0.3) is 5.91 Å². The summed E-state index contributed by atoms with van der Waals surface area (Å²) in [5.41, 5.74) is 1.55. The van der Waals surface area contributed by atoms with Crippen molar-refractivity contribution in [2.45, 2.75) is 33.3 Å². The second-order valence-electron chi connectivity index (χ2n) is 9.95. The van der Waals surface area contributed by atoms with E-state index >= 15 is 0 Å². The summed E-state index contributed by atoms with van der Waals surface area (Å²) >= 11 is 0. The molecule has 1 heterocycles.